The molecular formula is C69H48N2O. The molecule has 13 rings (SSSR count). The summed E-state index contributed by atoms with van der Waals surface area (Å²) < 4.78 is 7.03. The third-order valence-electron chi connectivity index (χ3n) is 14.3. The zero-order chi connectivity index (χ0) is 47.8. The molecule has 1 aromatic heterocycles. The lowest BCUT2D eigenvalue weighted by molar-refractivity contribution is 0.502. The summed E-state index contributed by atoms with van der Waals surface area (Å²) in [6, 6.07) is 105. The molecule has 3 heteroatoms. The number of nitrogens with zero attached hydrogens (tertiary/aromatic N) is 2. The molecule has 340 valence electrons. The Morgan fingerprint density at radius 2 is 0.611 bits per heavy atom. The van der Waals surface area contributed by atoms with Crippen molar-refractivity contribution in [3.63, 3.8) is 0 Å². The third kappa shape index (κ3) is 7.38. The standard InChI is InChI=1S/C69H48N2O/c1-6-18-49(19-7-1)51-30-38-58(39-31-51)70(59-40-32-52(33-41-59)50-20-8-2-9-21-50)60-42-34-53(35-43-60)54-36-44-61(45-37-54)71(57-26-14-5-15-27-57)62-46-47-63-65(48-62)69(55-22-10-3-11-23-55,56-24-12-4-13-25-56)68-67(63)64-28-16-17-29-66(64)72-68/h1-48H. The van der Waals surface area contributed by atoms with Crippen LogP contribution in [-0.2, 0) is 5.41 Å². The van der Waals surface area contributed by atoms with Crippen molar-refractivity contribution in [3.05, 3.63) is 314 Å². The highest BCUT2D eigenvalue weighted by atomic mass is 16.3. The Balaban J connectivity index is 0.874. The fourth-order valence-electron chi connectivity index (χ4n) is 11.0. The van der Waals surface area contributed by atoms with Gasteiger partial charge in [0.15, 0.2) is 0 Å². The summed E-state index contributed by atoms with van der Waals surface area (Å²) in [5.74, 6) is 0.958. The van der Waals surface area contributed by atoms with Crippen LogP contribution in [0.4, 0.5) is 34.1 Å². The van der Waals surface area contributed by atoms with Crippen LogP contribution in [0.2, 0.25) is 0 Å². The van der Waals surface area contributed by atoms with Crippen LogP contribution in [0, 0.1) is 0 Å². The van der Waals surface area contributed by atoms with Gasteiger partial charge in [0.2, 0.25) is 0 Å². The van der Waals surface area contributed by atoms with Crippen LogP contribution >= 0.6 is 0 Å². The molecule has 0 amide bonds. The molecule has 0 saturated carbocycles. The first-order chi connectivity index (χ1) is 35.7. The molecule has 0 fully saturated rings. The molecular weight excluding hydrogens is 873 g/mol. The van der Waals surface area contributed by atoms with Gasteiger partial charge in [-0.2, -0.15) is 0 Å². The Morgan fingerprint density at radius 3 is 1.06 bits per heavy atom. The number of hydrogen-bond acceptors (Lipinski definition) is 3. The molecule has 1 aliphatic rings. The van der Waals surface area contributed by atoms with Crippen LogP contribution in [0.25, 0.3) is 55.5 Å². The van der Waals surface area contributed by atoms with Crippen LogP contribution in [0.3, 0.4) is 0 Å². The maximum atomic E-state index is 7.03. The Morgan fingerprint density at radius 1 is 0.278 bits per heavy atom. The molecule has 1 heterocycles. The number of para-hydroxylation sites is 2. The van der Waals surface area contributed by atoms with Crippen molar-refractivity contribution in [2.24, 2.45) is 0 Å². The lowest BCUT2D eigenvalue weighted by Gasteiger charge is -2.33. The molecule has 0 N–H and O–H groups in total. The Kier molecular flexibility index (Phi) is 10.7. The molecule has 0 bridgehead atoms. The fraction of sp³-hybridized carbons (Fsp3) is 0.0145. The highest BCUT2D eigenvalue weighted by Crippen LogP contribution is 2.60. The predicted molar refractivity (Wildman–Crippen MR) is 299 cm³/mol. The van der Waals surface area contributed by atoms with Crippen LogP contribution in [0.5, 0.6) is 0 Å². The van der Waals surface area contributed by atoms with E-state index in [1.165, 1.54) is 44.5 Å². The van der Waals surface area contributed by atoms with Crippen LogP contribution in [-0.4, -0.2) is 0 Å². The van der Waals surface area contributed by atoms with E-state index >= 15 is 0 Å². The van der Waals surface area contributed by atoms with Crippen LogP contribution in [0.1, 0.15) is 22.5 Å². The zero-order valence-electron chi connectivity index (χ0n) is 39.5. The van der Waals surface area contributed by atoms with Gasteiger partial charge in [-0.25, -0.2) is 0 Å². The summed E-state index contributed by atoms with van der Waals surface area (Å²) >= 11 is 0. The minimum atomic E-state index is -0.687. The zero-order valence-corrected chi connectivity index (χ0v) is 39.5. The van der Waals surface area contributed by atoms with Crippen LogP contribution < -0.4 is 9.80 Å². The minimum absolute atomic E-state index is 0.687. The average Bonchev–Trinajstić information content (AvgIpc) is 3.98. The van der Waals surface area contributed by atoms with Gasteiger partial charge >= 0.3 is 0 Å². The number of rotatable bonds is 11. The molecule has 0 aliphatic heterocycles. The van der Waals surface area contributed by atoms with Gasteiger partial charge < -0.3 is 14.2 Å². The van der Waals surface area contributed by atoms with E-state index in [0.29, 0.717) is 0 Å². The SMILES string of the molecule is c1ccc(-c2ccc(N(c3ccc(-c4ccccc4)cc3)c3ccc(-c4ccc(N(c5ccccc5)c5ccc6c(c5)C(c5ccccc5)(c5ccccc5)c5oc7ccccc7c5-6)cc4)cc3)cc2)cc1. The Bertz CT molecular complexity index is 3670. The van der Waals surface area contributed by atoms with E-state index in [4.69, 9.17) is 4.42 Å². The van der Waals surface area contributed by atoms with Gasteiger partial charge in [-0.1, -0.05) is 212 Å². The van der Waals surface area contributed by atoms with E-state index in [1.807, 2.05) is 0 Å². The first kappa shape index (κ1) is 42.6. The largest absolute Gasteiger partial charge is 0.459 e. The topological polar surface area (TPSA) is 19.6 Å². The smallest absolute Gasteiger partial charge is 0.135 e. The van der Waals surface area contributed by atoms with Gasteiger partial charge in [0.25, 0.3) is 0 Å². The maximum absolute atomic E-state index is 7.03. The minimum Gasteiger partial charge on any atom is -0.459 e. The van der Waals surface area contributed by atoms with E-state index in [-0.39, 0.29) is 0 Å². The molecule has 72 heavy (non-hydrogen) atoms. The summed E-state index contributed by atoms with van der Waals surface area (Å²) in [5.41, 5.74) is 19.6. The van der Waals surface area contributed by atoms with Crippen molar-refractivity contribution in [1.82, 2.24) is 0 Å². The molecule has 3 nitrogen and oxygen atoms in total. The summed E-state index contributed by atoms with van der Waals surface area (Å²) in [6.45, 7) is 0. The van der Waals surface area contributed by atoms with Crippen molar-refractivity contribution < 1.29 is 4.42 Å². The van der Waals surface area contributed by atoms with E-state index in [9.17, 15) is 0 Å². The second-order valence-corrected chi connectivity index (χ2v) is 18.4. The number of fused-ring (bicyclic) bond motifs is 5. The fourth-order valence-corrected chi connectivity index (χ4v) is 11.0. The summed E-state index contributed by atoms with van der Waals surface area (Å²) in [4.78, 5) is 4.71. The highest BCUT2D eigenvalue weighted by Gasteiger charge is 2.50. The monoisotopic (exact) mass is 920 g/mol. The number of hydrogen-bond donors (Lipinski definition) is 0. The van der Waals surface area contributed by atoms with Crippen LogP contribution in [0.15, 0.2) is 296 Å². The molecule has 1 aliphatic carbocycles. The summed E-state index contributed by atoms with van der Waals surface area (Å²) in [5, 5.41) is 1.13. The predicted octanol–water partition coefficient (Wildman–Crippen LogP) is 18.7. The van der Waals surface area contributed by atoms with Gasteiger partial charge in [-0.05, 0) is 134 Å². The van der Waals surface area contributed by atoms with Crippen molar-refractivity contribution in [2.75, 3.05) is 9.80 Å². The second kappa shape index (κ2) is 18.1. The Hall–Kier alpha value is -9.44. The quantitative estimate of drug-likeness (QED) is 0.129. The normalized spacial score (nSPS) is 12.3. The van der Waals surface area contributed by atoms with Gasteiger partial charge in [0, 0.05) is 45.1 Å². The van der Waals surface area contributed by atoms with E-state index in [1.54, 1.807) is 0 Å². The lowest BCUT2D eigenvalue weighted by atomic mass is 9.70. The molecule has 0 atom stereocenters. The average molecular weight is 921 g/mol. The molecule has 0 saturated heterocycles. The van der Waals surface area contributed by atoms with Crippen molar-refractivity contribution in [2.45, 2.75) is 5.41 Å². The van der Waals surface area contributed by atoms with Crippen molar-refractivity contribution >= 4 is 45.1 Å². The van der Waals surface area contributed by atoms with Gasteiger partial charge in [0.1, 0.15) is 16.8 Å². The first-order valence-corrected chi connectivity index (χ1v) is 24.7. The molecule has 12 aromatic rings. The van der Waals surface area contributed by atoms with Gasteiger partial charge in [0.05, 0.1) is 0 Å². The number of furan rings is 1. The van der Waals surface area contributed by atoms with Crippen molar-refractivity contribution in [1.29, 1.82) is 0 Å². The molecule has 0 unspecified atom stereocenters. The van der Waals surface area contributed by atoms with E-state index in [2.05, 4.69) is 301 Å². The maximum Gasteiger partial charge on any atom is 0.135 e. The second-order valence-electron chi connectivity index (χ2n) is 18.4. The van der Waals surface area contributed by atoms with Gasteiger partial charge in [-0.15, -0.1) is 0 Å². The molecule has 0 radical (unpaired) electrons. The molecule has 0 spiro atoms. The first-order valence-electron chi connectivity index (χ1n) is 24.7. The number of benzene rings is 11. The third-order valence-corrected chi connectivity index (χ3v) is 14.3. The van der Waals surface area contributed by atoms with Crippen molar-refractivity contribution in [3.8, 4) is 44.5 Å². The summed E-state index contributed by atoms with van der Waals surface area (Å²) in [6.07, 6.45) is 0. The molecule has 11 aromatic carbocycles. The number of anilines is 6. The van der Waals surface area contributed by atoms with Gasteiger partial charge in [-0.3, -0.25) is 0 Å². The van der Waals surface area contributed by atoms with E-state index in [0.717, 1.165) is 67.5 Å². The Labute approximate surface area is 420 Å². The summed E-state index contributed by atoms with van der Waals surface area (Å²) in [7, 11) is 0. The highest BCUT2D eigenvalue weighted by molar-refractivity contribution is 6.03. The van der Waals surface area contributed by atoms with E-state index < -0.39 is 5.41 Å². The lowest BCUT2D eigenvalue weighted by Crippen LogP contribution is -2.28.